The Labute approximate surface area is 169 Å². The Morgan fingerprint density at radius 3 is 2.53 bits per heavy atom. The fourth-order valence-corrected chi connectivity index (χ4v) is 2.75. The van der Waals surface area contributed by atoms with Crippen LogP contribution in [0.1, 0.15) is 23.1 Å². The number of hydrogen-bond acceptors (Lipinski definition) is 5. The van der Waals surface area contributed by atoms with Crippen molar-refractivity contribution in [2.45, 2.75) is 26.2 Å². The standard InChI is InChI=1S/C16H19N5O2.C2HF3O2/c1-12(22)21-10-13(9-20-6-5-18-15(20)11-21)7-19-16(23)14-3-2-4-17-8-14;3-2(4,5)1(6)7/h2-6,8,13H,7,9-11H2,1H3,(H,19,23);(H,6,7). The molecule has 2 aromatic rings. The topological polar surface area (TPSA) is 117 Å². The number of carbonyl (C=O) groups is 3. The number of aromatic nitrogens is 3. The molecule has 0 fully saturated rings. The number of nitrogens with zero attached hydrogens (tertiary/aromatic N) is 4. The van der Waals surface area contributed by atoms with Crippen molar-refractivity contribution in [3.05, 3.63) is 48.3 Å². The molecular weight excluding hydrogens is 407 g/mol. The van der Waals surface area contributed by atoms with Gasteiger partial charge in [-0.3, -0.25) is 14.6 Å². The minimum atomic E-state index is -5.08. The highest BCUT2D eigenvalue weighted by Gasteiger charge is 2.38. The average molecular weight is 427 g/mol. The lowest BCUT2D eigenvalue weighted by Gasteiger charge is -2.22. The first-order valence-corrected chi connectivity index (χ1v) is 8.81. The summed E-state index contributed by atoms with van der Waals surface area (Å²) in [6.45, 7) is 3.90. The number of carboxylic acids is 1. The van der Waals surface area contributed by atoms with Gasteiger partial charge >= 0.3 is 12.1 Å². The van der Waals surface area contributed by atoms with Crippen LogP contribution in [0.25, 0.3) is 0 Å². The monoisotopic (exact) mass is 427 g/mol. The van der Waals surface area contributed by atoms with Gasteiger partial charge in [0.25, 0.3) is 5.91 Å². The molecule has 2 amide bonds. The highest BCUT2D eigenvalue weighted by molar-refractivity contribution is 5.93. The van der Waals surface area contributed by atoms with Crippen molar-refractivity contribution in [2.24, 2.45) is 5.92 Å². The first kappa shape index (κ1) is 22.8. The average Bonchev–Trinajstić information content (AvgIpc) is 3.04. The number of pyridine rings is 1. The first-order chi connectivity index (χ1) is 14.1. The molecule has 9 nitrogen and oxygen atoms in total. The molecule has 0 aliphatic carbocycles. The maximum absolute atomic E-state index is 12.1. The van der Waals surface area contributed by atoms with E-state index in [9.17, 15) is 22.8 Å². The number of carbonyl (C=O) groups excluding carboxylic acids is 2. The van der Waals surface area contributed by atoms with Crippen LogP contribution in [0.2, 0.25) is 0 Å². The summed E-state index contributed by atoms with van der Waals surface area (Å²) in [5.41, 5.74) is 0.535. The van der Waals surface area contributed by atoms with Crippen LogP contribution >= 0.6 is 0 Å². The molecule has 0 spiro atoms. The van der Waals surface area contributed by atoms with E-state index in [0.29, 0.717) is 25.2 Å². The summed E-state index contributed by atoms with van der Waals surface area (Å²) in [6, 6.07) is 3.46. The predicted molar refractivity (Wildman–Crippen MR) is 97.1 cm³/mol. The number of fused-ring (bicyclic) bond motifs is 1. The van der Waals surface area contributed by atoms with Crippen LogP contribution in [0.4, 0.5) is 13.2 Å². The number of hydrogen-bond donors (Lipinski definition) is 2. The molecule has 3 heterocycles. The molecule has 0 aromatic carbocycles. The SMILES string of the molecule is CC(=O)N1Cc2nccn2CC(CNC(=O)c2cccnc2)C1.O=C(O)C(F)(F)F. The van der Waals surface area contributed by atoms with Gasteiger partial charge in [-0.15, -0.1) is 0 Å². The Kier molecular flexibility index (Phi) is 7.50. The van der Waals surface area contributed by atoms with Gasteiger partial charge < -0.3 is 19.9 Å². The summed E-state index contributed by atoms with van der Waals surface area (Å²) < 4.78 is 33.8. The van der Waals surface area contributed by atoms with Crippen LogP contribution in [-0.2, 0) is 22.7 Å². The zero-order chi connectivity index (χ0) is 22.3. The van der Waals surface area contributed by atoms with Crippen LogP contribution in [0, 0.1) is 5.92 Å². The highest BCUT2D eigenvalue weighted by atomic mass is 19.4. The van der Waals surface area contributed by atoms with Crippen LogP contribution in [0.3, 0.4) is 0 Å². The van der Waals surface area contributed by atoms with E-state index in [1.54, 1.807) is 36.4 Å². The van der Waals surface area contributed by atoms with Crippen molar-refractivity contribution < 1.29 is 32.7 Å². The lowest BCUT2D eigenvalue weighted by Crippen LogP contribution is -2.38. The Hall–Kier alpha value is -3.44. The normalized spacial score (nSPS) is 15.9. The molecule has 1 atom stereocenters. The number of rotatable bonds is 3. The second kappa shape index (κ2) is 9.85. The van der Waals surface area contributed by atoms with Gasteiger partial charge in [-0.25, -0.2) is 9.78 Å². The van der Waals surface area contributed by atoms with Gasteiger partial charge in [0.15, 0.2) is 0 Å². The highest BCUT2D eigenvalue weighted by Crippen LogP contribution is 2.15. The predicted octanol–water partition coefficient (Wildman–Crippen LogP) is 1.32. The molecule has 12 heteroatoms. The van der Waals surface area contributed by atoms with E-state index in [4.69, 9.17) is 9.90 Å². The van der Waals surface area contributed by atoms with Gasteiger partial charge in [-0.1, -0.05) is 0 Å². The van der Waals surface area contributed by atoms with Gasteiger partial charge in [0.2, 0.25) is 5.91 Å². The molecule has 0 bridgehead atoms. The molecule has 2 N–H and O–H groups in total. The molecule has 2 aromatic heterocycles. The summed E-state index contributed by atoms with van der Waals surface area (Å²) in [4.78, 5) is 42.8. The van der Waals surface area contributed by atoms with E-state index in [1.165, 1.54) is 6.20 Å². The molecule has 30 heavy (non-hydrogen) atoms. The number of halogens is 3. The van der Waals surface area contributed by atoms with E-state index >= 15 is 0 Å². The van der Waals surface area contributed by atoms with E-state index < -0.39 is 12.1 Å². The van der Waals surface area contributed by atoms with Crippen molar-refractivity contribution in [2.75, 3.05) is 13.1 Å². The number of imidazole rings is 1. The minimum Gasteiger partial charge on any atom is -0.475 e. The third-order valence-corrected chi connectivity index (χ3v) is 4.23. The van der Waals surface area contributed by atoms with E-state index in [-0.39, 0.29) is 17.7 Å². The Bertz CT molecular complexity index is 885. The molecule has 162 valence electrons. The Balaban J connectivity index is 0.000000396. The van der Waals surface area contributed by atoms with Crippen molar-refractivity contribution >= 4 is 17.8 Å². The third kappa shape index (κ3) is 6.57. The zero-order valence-electron chi connectivity index (χ0n) is 16.0. The second-order valence-electron chi connectivity index (χ2n) is 6.52. The molecule has 3 rings (SSSR count). The molecular formula is C18H20F3N5O4. The molecule has 0 saturated carbocycles. The van der Waals surface area contributed by atoms with Crippen molar-refractivity contribution in [3.63, 3.8) is 0 Å². The van der Waals surface area contributed by atoms with Gasteiger partial charge in [0, 0.05) is 57.3 Å². The van der Waals surface area contributed by atoms with Crippen LogP contribution in [0.5, 0.6) is 0 Å². The molecule has 0 saturated heterocycles. The maximum atomic E-state index is 12.1. The lowest BCUT2D eigenvalue weighted by molar-refractivity contribution is -0.192. The summed E-state index contributed by atoms with van der Waals surface area (Å²) in [5, 5.41) is 10.1. The van der Waals surface area contributed by atoms with Crippen LogP contribution < -0.4 is 5.32 Å². The van der Waals surface area contributed by atoms with E-state index in [0.717, 1.165) is 12.4 Å². The summed E-state index contributed by atoms with van der Waals surface area (Å²) in [6.07, 6.45) is 1.74. The first-order valence-electron chi connectivity index (χ1n) is 8.81. The van der Waals surface area contributed by atoms with Gasteiger partial charge in [-0.2, -0.15) is 13.2 Å². The van der Waals surface area contributed by atoms with Crippen LogP contribution in [-0.4, -0.2) is 61.6 Å². The summed E-state index contributed by atoms with van der Waals surface area (Å²) in [5.74, 6) is -1.88. The van der Waals surface area contributed by atoms with Crippen molar-refractivity contribution in [3.8, 4) is 0 Å². The van der Waals surface area contributed by atoms with Crippen LogP contribution in [0.15, 0.2) is 36.9 Å². The summed E-state index contributed by atoms with van der Waals surface area (Å²) >= 11 is 0. The number of nitrogens with one attached hydrogen (secondary N) is 1. The lowest BCUT2D eigenvalue weighted by atomic mass is 10.1. The minimum absolute atomic E-state index is 0.0186. The second-order valence-corrected chi connectivity index (χ2v) is 6.52. The van der Waals surface area contributed by atoms with Gasteiger partial charge in [0.05, 0.1) is 12.1 Å². The molecule has 1 aliphatic rings. The Morgan fingerprint density at radius 2 is 1.97 bits per heavy atom. The smallest absolute Gasteiger partial charge is 0.475 e. The fourth-order valence-electron chi connectivity index (χ4n) is 2.75. The third-order valence-electron chi connectivity index (χ3n) is 4.23. The van der Waals surface area contributed by atoms with Gasteiger partial charge in [0.1, 0.15) is 5.82 Å². The van der Waals surface area contributed by atoms with Crippen molar-refractivity contribution in [1.29, 1.82) is 0 Å². The molecule has 1 aliphatic heterocycles. The Morgan fingerprint density at radius 1 is 1.27 bits per heavy atom. The zero-order valence-corrected chi connectivity index (χ0v) is 16.0. The van der Waals surface area contributed by atoms with Gasteiger partial charge in [-0.05, 0) is 12.1 Å². The number of alkyl halides is 3. The largest absolute Gasteiger partial charge is 0.490 e. The number of carboxylic acid groups (broad SMARTS) is 1. The quantitative estimate of drug-likeness (QED) is 0.763. The van der Waals surface area contributed by atoms with E-state index in [2.05, 4.69) is 15.3 Å². The maximum Gasteiger partial charge on any atom is 0.490 e. The summed E-state index contributed by atoms with van der Waals surface area (Å²) in [7, 11) is 0. The van der Waals surface area contributed by atoms with Crippen molar-refractivity contribution in [1.82, 2.24) is 24.8 Å². The van der Waals surface area contributed by atoms with E-state index in [1.807, 2.05) is 10.8 Å². The number of amides is 2. The fraction of sp³-hybridized carbons (Fsp3) is 0.389. The molecule has 0 radical (unpaired) electrons. The molecule has 1 unspecified atom stereocenters. The number of aliphatic carboxylic acids is 1.